The Morgan fingerprint density at radius 1 is 0.373 bits per heavy atom. The van der Waals surface area contributed by atoms with E-state index in [0.29, 0.717) is 17.5 Å². The van der Waals surface area contributed by atoms with E-state index < -0.39 is 0 Å². The quantitative estimate of drug-likeness (QED) is 0.178. The first-order valence-corrected chi connectivity index (χ1v) is 20.0. The molecule has 0 saturated carbocycles. The van der Waals surface area contributed by atoms with E-state index in [0.717, 1.165) is 112 Å². The van der Waals surface area contributed by atoms with Gasteiger partial charge >= 0.3 is 0 Å². The van der Waals surface area contributed by atoms with Crippen molar-refractivity contribution in [3.05, 3.63) is 175 Å². The predicted octanol–water partition coefficient (Wildman–Crippen LogP) is 14.2. The van der Waals surface area contributed by atoms with E-state index in [1.165, 1.54) is 16.5 Å². The number of furan rings is 3. The highest BCUT2D eigenvalue weighted by molar-refractivity contribution is 6.17. The van der Waals surface area contributed by atoms with Crippen molar-refractivity contribution in [2.45, 2.75) is 12.8 Å². The number of nitrogens with zero attached hydrogens (tertiary/aromatic N) is 3. The fraction of sp³-hybridized carbons (Fsp3) is 0.0377. The molecular formula is C53H31N3O3. The summed E-state index contributed by atoms with van der Waals surface area (Å²) in [6.07, 6.45) is 3.98. The van der Waals surface area contributed by atoms with Crippen LogP contribution < -0.4 is 0 Å². The molecule has 8 aromatic carbocycles. The maximum Gasteiger partial charge on any atom is 0.164 e. The molecule has 0 aliphatic heterocycles. The third-order valence-electron chi connectivity index (χ3n) is 12.0. The number of hydrogen-bond acceptors (Lipinski definition) is 6. The summed E-state index contributed by atoms with van der Waals surface area (Å²) in [7, 11) is 0. The van der Waals surface area contributed by atoms with E-state index >= 15 is 0 Å². The first-order valence-electron chi connectivity index (χ1n) is 20.0. The van der Waals surface area contributed by atoms with Crippen molar-refractivity contribution in [3.8, 4) is 33.9 Å². The molecule has 0 amide bonds. The highest BCUT2D eigenvalue weighted by Crippen LogP contribution is 2.43. The number of fused-ring (bicyclic) bond motifs is 11. The van der Waals surface area contributed by atoms with Gasteiger partial charge in [-0.3, -0.25) is 0 Å². The van der Waals surface area contributed by atoms with Gasteiger partial charge in [0.05, 0.1) is 0 Å². The van der Waals surface area contributed by atoms with Crippen molar-refractivity contribution in [2.75, 3.05) is 0 Å². The number of benzene rings is 8. The zero-order valence-corrected chi connectivity index (χ0v) is 31.6. The number of para-hydroxylation sites is 1. The number of aryl methyl sites for hydroxylation is 1. The second-order valence-electron chi connectivity index (χ2n) is 15.5. The van der Waals surface area contributed by atoms with E-state index in [1.54, 1.807) is 0 Å². The standard InChI is InChI=1S/C53H31N3O3/c1-2-10-31-25-35(20-19-30(31)9-1)51-54-52(36-21-23-39-38-13-5-6-16-43(38)58-47(39)29-36)56-53(55-51)40-15-8-18-46-50(40)41-27-34(22-24-44(41)57-46)37-14-7-17-45-49(37)42-26-32-11-3-4-12-33(32)28-48(42)59-45/h1-18,21-29H,19-20H2. The fourth-order valence-corrected chi connectivity index (χ4v) is 9.18. The molecule has 59 heavy (non-hydrogen) atoms. The van der Waals surface area contributed by atoms with Crippen LogP contribution in [0.15, 0.2) is 171 Å². The van der Waals surface area contributed by atoms with Gasteiger partial charge in [0, 0.05) is 43.4 Å². The molecule has 0 saturated heterocycles. The second kappa shape index (κ2) is 12.3. The third kappa shape index (κ3) is 5.03. The smallest absolute Gasteiger partial charge is 0.164 e. The molecule has 4 aromatic heterocycles. The SMILES string of the molecule is C1=C(c2nc(-c3ccc4c(c3)oc3ccccc34)nc(-c3cccc4oc5ccc(-c6cccc7oc8cc9ccccc9cc8c67)cc5c34)n2)CCc2ccccc21. The minimum absolute atomic E-state index is 0.586. The summed E-state index contributed by atoms with van der Waals surface area (Å²) in [5, 5.41) is 8.61. The Labute approximate surface area is 336 Å². The van der Waals surface area contributed by atoms with Gasteiger partial charge in [-0.2, -0.15) is 0 Å². The summed E-state index contributed by atoms with van der Waals surface area (Å²) >= 11 is 0. The van der Waals surface area contributed by atoms with Gasteiger partial charge in [-0.15, -0.1) is 0 Å². The highest BCUT2D eigenvalue weighted by atomic mass is 16.3. The first-order chi connectivity index (χ1) is 29.2. The molecule has 6 nitrogen and oxygen atoms in total. The van der Waals surface area contributed by atoms with Crippen LogP contribution in [0.25, 0.3) is 122 Å². The second-order valence-corrected chi connectivity index (χ2v) is 15.5. The van der Waals surface area contributed by atoms with Crippen molar-refractivity contribution in [1.82, 2.24) is 15.0 Å². The highest BCUT2D eigenvalue weighted by Gasteiger charge is 2.22. The van der Waals surface area contributed by atoms with Crippen molar-refractivity contribution in [2.24, 2.45) is 0 Å². The van der Waals surface area contributed by atoms with Crippen LogP contribution in [0.3, 0.4) is 0 Å². The molecule has 1 aliphatic carbocycles. The van der Waals surface area contributed by atoms with Crippen molar-refractivity contribution >= 4 is 88.2 Å². The van der Waals surface area contributed by atoms with Gasteiger partial charge in [0.2, 0.25) is 0 Å². The van der Waals surface area contributed by atoms with Crippen molar-refractivity contribution < 1.29 is 13.3 Å². The Kier molecular flexibility index (Phi) is 6.75. The molecule has 0 radical (unpaired) electrons. The Morgan fingerprint density at radius 3 is 1.92 bits per heavy atom. The van der Waals surface area contributed by atoms with Crippen LogP contribution in [0, 0.1) is 0 Å². The molecule has 1 aliphatic rings. The van der Waals surface area contributed by atoms with Crippen molar-refractivity contribution in [1.29, 1.82) is 0 Å². The number of hydrogen-bond donors (Lipinski definition) is 0. The predicted molar refractivity (Wildman–Crippen MR) is 238 cm³/mol. The summed E-state index contributed by atoms with van der Waals surface area (Å²) in [5.41, 5.74) is 12.5. The third-order valence-corrected chi connectivity index (χ3v) is 12.0. The number of rotatable bonds is 4. The lowest BCUT2D eigenvalue weighted by Crippen LogP contribution is -2.06. The van der Waals surface area contributed by atoms with E-state index in [2.05, 4.69) is 127 Å². The topological polar surface area (TPSA) is 78.1 Å². The van der Waals surface area contributed by atoms with Crippen LogP contribution in [0.1, 0.15) is 23.4 Å². The van der Waals surface area contributed by atoms with E-state index in [-0.39, 0.29) is 0 Å². The maximum absolute atomic E-state index is 6.56. The lowest BCUT2D eigenvalue weighted by atomic mass is 9.92. The summed E-state index contributed by atoms with van der Waals surface area (Å²) < 4.78 is 19.3. The van der Waals surface area contributed by atoms with Crippen LogP contribution in [0.4, 0.5) is 0 Å². The number of aromatic nitrogens is 3. The van der Waals surface area contributed by atoms with E-state index in [4.69, 9.17) is 28.2 Å². The molecule has 0 N–H and O–H groups in total. The maximum atomic E-state index is 6.56. The largest absolute Gasteiger partial charge is 0.456 e. The Bertz CT molecular complexity index is 3750. The molecule has 0 fully saturated rings. The van der Waals surface area contributed by atoms with Crippen LogP contribution in [0.2, 0.25) is 0 Å². The minimum Gasteiger partial charge on any atom is -0.456 e. The lowest BCUT2D eigenvalue weighted by molar-refractivity contribution is 0.668. The Hall–Kier alpha value is -7.83. The molecule has 4 heterocycles. The van der Waals surface area contributed by atoms with E-state index in [9.17, 15) is 0 Å². The average Bonchev–Trinajstić information content (AvgIpc) is 3.98. The zero-order valence-electron chi connectivity index (χ0n) is 31.6. The van der Waals surface area contributed by atoms with Crippen LogP contribution >= 0.6 is 0 Å². The molecule has 0 bridgehead atoms. The van der Waals surface area contributed by atoms with Gasteiger partial charge in [-0.1, -0.05) is 103 Å². The average molecular weight is 758 g/mol. The van der Waals surface area contributed by atoms with E-state index in [1.807, 2.05) is 36.4 Å². The summed E-state index contributed by atoms with van der Waals surface area (Å²) in [6, 6.07) is 54.6. The molecule has 0 atom stereocenters. The summed E-state index contributed by atoms with van der Waals surface area (Å²) in [6.45, 7) is 0. The molecule has 276 valence electrons. The van der Waals surface area contributed by atoms with Crippen LogP contribution in [0.5, 0.6) is 0 Å². The summed E-state index contributed by atoms with van der Waals surface area (Å²) in [5.74, 6) is 1.84. The van der Waals surface area contributed by atoms with Gasteiger partial charge in [-0.05, 0) is 112 Å². The molecular weight excluding hydrogens is 727 g/mol. The van der Waals surface area contributed by atoms with Crippen molar-refractivity contribution in [3.63, 3.8) is 0 Å². The molecule has 0 unspecified atom stereocenters. The fourth-order valence-electron chi connectivity index (χ4n) is 9.18. The van der Waals surface area contributed by atoms with Gasteiger partial charge in [-0.25, -0.2) is 15.0 Å². The zero-order chi connectivity index (χ0) is 38.6. The molecule has 0 spiro atoms. The Morgan fingerprint density at radius 2 is 1.00 bits per heavy atom. The first kappa shape index (κ1) is 32.3. The Balaban J connectivity index is 1.02. The van der Waals surface area contributed by atoms with Gasteiger partial charge in [0.25, 0.3) is 0 Å². The van der Waals surface area contributed by atoms with Crippen LogP contribution in [-0.2, 0) is 6.42 Å². The normalized spacial score (nSPS) is 13.1. The number of allylic oxidation sites excluding steroid dienone is 1. The molecule has 6 heteroatoms. The van der Waals surface area contributed by atoms with Gasteiger partial charge < -0.3 is 13.3 Å². The van der Waals surface area contributed by atoms with Gasteiger partial charge in [0.1, 0.15) is 33.5 Å². The lowest BCUT2D eigenvalue weighted by Gasteiger charge is -2.16. The molecule has 12 aromatic rings. The van der Waals surface area contributed by atoms with Gasteiger partial charge in [0.15, 0.2) is 17.5 Å². The minimum atomic E-state index is 0.586. The molecule has 13 rings (SSSR count). The monoisotopic (exact) mass is 757 g/mol. The summed E-state index contributed by atoms with van der Waals surface area (Å²) in [4.78, 5) is 15.7. The van der Waals surface area contributed by atoms with Crippen LogP contribution in [-0.4, -0.2) is 15.0 Å².